The van der Waals surface area contributed by atoms with Gasteiger partial charge in [-0.15, -0.1) is 0 Å². The molecule has 0 bridgehead atoms. The monoisotopic (exact) mass is 210 g/mol. The third-order valence-electron chi connectivity index (χ3n) is 0. The van der Waals surface area contributed by atoms with Crippen LogP contribution in [-0.4, -0.2) is 0 Å². The van der Waals surface area contributed by atoms with Gasteiger partial charge in [0.05, 0.1) is 0 Å². The summed E-state index contributed by atoms with van der Waals surface area (Å²) < 4.78 is 8.06. The summed E-state index contributed by atoms with van der Waals surface area (Å²) in [5, 5.41) is 0. The zero-order valence-electron chi connectivity index (χ0n) is 3.47. The molecule has 0 unspecified atom stereocenters. The van der Waals surface area contributed by atoms with Crippen molar-refractivity contribution in [1.29, 1.82) is 0 Å². The average Bonchev–Trinajstić information content (AvgIpc) is 1.00. The van der Waals surface area contributed by atoms with E-state index in [2.05, 4.69) is 0 Å². The Morgan fingerprint density at radius 1 is 1.40 bits per heavy atom. The molecule has 0 aromatic carbocycles. The molecule has 0 heterocycles. The molecule has 0 aromatic heterocycles. The zero-order valence-corrected chi connectivity index (χ0v) is 7.80. The van der Waals surface area contributed by atoms with Gasteiger partial charge in [-0.05, 0) is 0 Å². The van der Waals surface area contributed by atoms with Crippen LogP contribution in [0.2, 0.25) is 0 Å². The summed E-state index contributed by atoms with van der Waals surface area (Å²) in [5.74, 6) is 0. The van der Waals surface area contributed by atoms with Gasteiger partial charge in [-0.25, -0.2) is 0 Å². The van der Waals surface area contributed by atoms with Crippen LogP contribution in [0.15, 0.2) is 0 Å². The van der Waals surface area contributed by atoms with E-state index in [4.69, 9.17) is 3.83 Å². The van der Waals surface area contributed by atoms with Gasteiger partial charge in [0.15, 0.2) is 0 Å². The van der Waals surface area contributed by atoms with E-state index in [0.29, 0.717) is 0 Å². The Morgan fingerprint density at radius 3 is 1.40 bits per heavy atom. The van der Waals surface area contributed by atoms with Gasteiger partial charge in [-0.2, -0.15) is 0 Å². The van der Waals surface area contributed by atoms with Crippen LogP contribution in [0.3, 0.4) is 0 Å². The Bertz CT molecular complexity index is 15.5. The zero-order chi connectivity index (χ0) is 2.00. The molecule has 0 atom stereocenters. The van der Waals surface area contributed by atoms with E-state index in [0.717, 1.165) is 0 Å². The molecule has 5 heavy (non-hydrogen) atoms. The van der Waals surface area contributed by atoms with Crippen LogP contribution < -0.4 is 29.6 Å². The topological polar surface area (TPSA) is 17.1 Å². The molecule has 0 aliphatic carbocycles. The predicted octanol–water partition coefficient (Wildman–Crippen LogP) is -3.01. The van der Waals surface area contributed by atoms with Gasteiger partial charge < -0.3 is 1.43 Å². The number of rotatable bonds is 0. The van der Waals surface area contributed by atoms with Crippen LogP contribution in [0.1, 0.15) is 1.43 Å². The predicted molar refractivity (Wildman–Crippen MR) is 1.80 cm³/mol. The van der Waals surface area contributed by atoms with Gasteiger partial charge in [-0.3, -0.25) is 0 Å². The third-order valence-corrected chi connectivity index (χ3v) is 0. The first-order chi connectivity index (χ1) is 1.00. The Hall–Kier alpha value is 2.35. The molecule has 0 spiro atoms. The van der Waals surface area contributed by atoms with Gasteiger partial charge in [0, 0.05) is 33.8 Å². The molecule has 0 aromatic rings. The van der Waals surface area contributed by atoms with Crippen molar-refractivity contribution in [1.82, 2.24) is 0 Å². The van der Waals surface area contributed by atoms with E-state index >= 15 is 0 Å². The SMILES string of the molecule is [Co].[Fe].[H-].[Na+].[O]=[Mn]. The van der Waals surface area contributed by atoms with E-state index in [1.807, 2.05) is 0 Å². The van der Waals surface area contributed by atoms with Gasteiger partial charge >= 0.3 is 49.3 Å². The van der Waals surface area contributed by atoms with E-state index in [1.165, 1.54) is 0 Å². The van der Waals surface area contributed by atoms with Gasteiger partial charge in [0.25, 0.3) is 0 Å². The molecule has 1 radical (unpaired) electrons. The summed E-state index contributed by atoms with van der Waals surface area (Å²) in [6, 6.07) is 0. The minimum absolute atomic E-state index is 0. The quantitative estimate of drug-likeness (QED) is 0.389. The molecule has 0 fully saturated rings. The number of hydrogen-bond donors (Lipinski definition) is 0. The van der Waals surface area contributed by atoms with Crippen molar-refractivity contribution >= 4 is 0 Å². The van der Waals surface area contributed by atoms with Crippen LogP contribution in [0.25, 0.3) is 0 Å². The van der Waals surface area contributed by atoms with Crippen LogP contribution >= 0.6 is 0 Å². The fourth-order valence-electron chi connectivity index (χ4n) is 0. The second-order valence-electron chi connectivity index (χ2n) is 0. The molecule has 0 N–H and O–H groups in total. The number of hydrogen-bond acceptors (Lipinski definition) is 1. The second-order valence-corrected chi connectivity index (χ2v) is 0. The fourth-order valence-corrected chi connectivity index (χ4v) is 0. The molecular weight excluding hydrogens is 209 g/mol. The molecule has 0 saturated heterocycles. The van der Waals surface area contributed by atoms with E-state index in [9.17, 15) is 0 Å². The standard InChI is InChI=1S/Co.Fe.Mn.Na.O.H/q;;;+1;;-1. The minimum atomic E-state index is 0. The van der Waals surface area contributed by atoms with Gasteiger partial charge in [-0.1, -0.05) is 0 Å². The Balaban J connectivity index is -0.000000000833. The second kappa shape index (κ2) is 33.0. The molecular formula is HCoFeMnNaO. The molecule has 0 aliphatic heterocycles. The normalized spacial score (nSPS) is 0.800. The molecule has 5 heteroatoms. The third kappa shape index (κ3) is 21.8. The Morgan fingerprint density at radius 2 is 1.40 bits per heavy atom. The Labute approximate surface area is 83.5 Å². The summed E-state index contributed by atoms with van der Waals surface area (Å²) in [6.07, 6.45) is 0. The van der Waals surface area contributed by atoms with Crippen molar-refractivity contribution in [2.45, 2.75) is 0 Å². The van der Waals surface area contributed by atoms with Crippen LogP contribution in [-0.2, 0) is 53.6 Å². The molecule has 0 saturated carbocycles. The van der Waals surface area contributed by atoms with E-state index in [1.54, 1.807) is 15.9 Å². The maximum atomic E-state index is 8.06. The molecule has 0 rings (SSSR count). The van der Waals surface area contributed by atoms with E-state index in [-0.39, 0.29) is 64.8 Å². The van der Waals surface area contributed by atoms with Crippen molar-refractivity contribution < 1.29 is 84.6 Å². The van der Waals surface area contributed by atoms with Crippen molar-refractivity contribution in [3.05, 3.63) is 0 Å². The summed E-state index contributed by atoms with van der Waals surface area (Å²) in [4.78, 5) is 0. The van der Waals surface area contributed by atoms with Gasteiger partial charge in [0.1, 0.15) is 0 Å². The molecule has 1 nitrogen and oxygen atoms in total. The summed E-state index contributed by atoms with van der Waals surface area (Å²) in [7, 11) is 0. The first-order valence-electron chi connectivity index (χ1n) is 0.154. The van der Waals surface area contributed by atoms with Crippen molar-refractivity contribution in [2.75, 3.05) is 0 Å². The summed E-state index contributed by atoms with van der Waals surface area (Å²) in [6.45, 7) is 0. The van der Waals surface area contributed by atoms with Crippen LogP contribution in [0.4, 0.5) is 0 Å². The first-order valence-corrected chi connectivity index (χ1v) is 0.636. The van der Waals surface area contributed by atoms with Gasteiger partial charge in [0.2, 0.25) is 0 Å². The summed E-state index contributed by atoms with van der Waals surface area (Å²) >= 11 is 1.69. The maximum absolute atomic E-state index is 8.06. The molecule has 0 amide bonds. The average molecular weight is 210 g/mol. The Kier molecular flexibility index (Phi) is 174. The van der Waals surface area contributed by atoms with E-state index < -0.39 is 0 Å². The van der Waals surface area contributed by atoms with Crippen molar-refractivity contribution in [3.8, 4) is 0 Å². The van der Waals surface area contributed by atoms with Crippen LogP contribution in [0, 0.1) is 0 Å². The molecule has 0 aliphatic rings. The summed E-state index contributed by atoms with van der Waals surface area (Å²) in [5.41, 5.74) is 0. The van der Waals surface area contributed by atoms with Crippen molar-refractivity contribution in [2.24, 2.45) is 0 Å². The van der Waals surface area contributed by atoms with Crippen molar-refractivity contribution in [3.63, 3.8) is 0 Å². The fraction of sp³-hybridized carbons (Fsp3) is 0. The molecule has 32 valence electrons. The van der Waals surface area contributed by atoms with Crippen LogP contribution in [0.5, 0.6) is 0 Å². The first kappa shape index (κ1) is 26.4.